The van der Waals surface area contributed by atoms with Crippen molar-refractivity contribution in [2.75, 3.05) is 11.1 Å². The van der Waals surface area contributed by atoms with Crippen LogP contribution >= 0.6 is 15.9 Å². The van der Waals surface area contributed by atoms with Gasteiger partial charge in [-0.15, -0.1) is 0 Å². The van der Waals surface area contributed by atoms with E-state index in [-0.39, 0.29) is 11.2 Å². The molecule has 4 heteroatoms. The molecule has 0 spiro atoms. The highest BCUT2D eigenvalue weighted by molar-refractivity contribution is 9.10. The predicted molar refractivity (Wildman–Crippen MR) is 78.3 cm³/mol. The largest absolute Gasteiger partial charge is 0.397 e. The van der Waals surface area contributed by atoms with Crippen molar-refractivity contribution in [3.8, 4) is 0 Å². The Morgan fingerprint density at radius 3 is 2.67 bits per heavy atom. The molecule has 0 aliphatic heterocycles. The van der Waals surface area contributed by atoms with Crippen molar-refractivity contribution in [1.29, 1.82) is 0 Å². The van der Waals surface area contributed by atoms with E-state index in [0.717, 1.165) is 22.3 Å². The highest BCUT2D eigenvalue weighted by atomic mass is 79.9. The number of halogens is 1. The number of benzene rings is 1. The van der Waals surface area contributed by atoms with Gasteiger partial charge in [0.15, 0.2) is 5.78 Å². The fourth-order valence-corrected chi connectivity index (χ4v) is 2.74. The molecular formula is C14H17BrN2O. The van der Waals surface area contributed by atoms with Gasteiger partial charge in [-0.2, -0.15) is 0 Å². The van der Waals surface area contributed by atoms with Gasteiger partial charge in [-0.1, -0.05) is 19.9 Å². The lowest BCUT2D eigenvalue weighted by molar-refractivity contribution is -0.117. The van der Waals surface area contributed by atoms with Crippen LogP contribution in [0.25, 0.3) is 0 Å². The molecule has 18 heavy (non-hydrogen) atoms. The summed E-state index contributed by atoms with van der Waals surface area (Å²) in [4.78, 5) is 11.7. The van der Waals surface area contributed by atoms with E-state index in [4.69, 9.17) is 5.73 Å². The summed E-state index contributed by atoms with van der Waals surface area (Å²) in [5.74, 6) is 0.166. The molecule has 0 amide bonds. The molecule has 0 saturated heterocycles. The summed E-state index contributed by atoms with van der Waals surface area (Å²) in [5, 5.41) is 3.27. The van der Waals surface area contributed by atoms with Gasteiger partial charge < -0.3 is 11.1 Å². The number of nitrogens with one attached hydrogen (secondary N) is 1. The molecule has 2 rings (SSSR count). The van der Waals surface area contributed by atoms with Crippen LogP contribution in [0.2, 0.25) is 0 Å². The first-order chi connectivity index (χ1) is 8.37. The molecule has 0 aromatic heterocycles. The van der Waals surface area contributed by atoms with Gasteiger partial charge in [-0.05, 0) is 39.9 Å². The Morgan fingerprint density at radius 1 is 1.33 bits per heavy atom. The highest BCUT2D eigenvalue weighted by Gasteiger charge is 2.27. The normalized spacial score (nSPS) is 18.4. The summed E-state index contributed by atoms with van der Waals surface area (Å²) >= 11 is 3.46. The van der Waals surface area contributed by atoms with Crippen LogP contribution < -0.4 is 11.1 Å². The van der Waals surface area contributed by atoms with Crippen molar-refractivity contribution >= 4 is 33.1 Å². The first kappa shape index (κ1) is 13.1. The number of anilines is 2. The Balaban J connectivity index is 2.27. The summed E-state index contributed by atoms with van der Waals surface area (Å²) in [7, 11) is 0. The first-order valence-corrected chi connectivity index (χ1v) is 6.71. The summed E-state index contributed by atoms with van der Waals surface area (Å²) in [6.45, 7) is 4.20. The molecule has 1 aromatic carbocycles. The zero-order chi connectivity index (χ0) is 13.3. The number of carbonyl (C=O) groups is 1. The standard InChI is InChI=1S/C14H17BrN2O/c1-14(2)7-9(6-10(18)8-14)17-13-11(15)4-3-5-12(13)16/h3-6,17H,7-8,16H2,1-2H3. The van der Waals surface area contributed by atoms with Gasteiger partial charge in [0.05, 0.1) is 11.4 Å². The molecule has 0 heterocycles. The quantitative estimate of drug-likeness (QED) is 0.819. The Bertz CT molecular complexity index is 500. The van der Waals surface area contributed by atoms with Crippen LogP contribution in [0, 0.1) is 5.41 Å². The number of hydrogen-bond donors (Lipinski definition) is 2. The zero-order valence-electron chi connectivity index (χ0n) is 10.6. The van der Waals surface area contributed by atoms with Crippen LogP contribution in [-0.2, 0) is 4.79 Å². The molecule has 1 aliphatic rings. The molecular weight excluding hydrogens is 292 g/mol. The van der Waals surface area contributed by atoms with Crippen LogP contribution in [0.15, 0.2) is 34.4 Å². The molecule has 0 radical (unpaired) electrons. The topological polar surface area (TPSA) is 55.1 Å². The average molecular weight is 309 g/mol. The van der Waals surface area contributed by atoms with E-state index < -0.39 is 0 Å². The Hall–Kier alpha value is -1.29. The fraction of sp³-hybridized carbons (Fsp3) is 0.357. The number of allylic oxidation sites excluding steroid dienone is 2. The second kappa shape index (κ2) is 4.76. The second-order valence-electron chi connectivity index (χ2n) is 5.48. The molecule has 0 fully saturated rings. The lowest BCUT2D eigenvalue weighted by Gasteiger charge is -2.29. The average Bonchev–Trinajstić information content (AvgIpc) is 2.21. The monoisotopic (exact) mass is 308 g/mol. The third kappa shape index (κ3) is 2.93. The van der Waals surface area contributed by atoms with Gasteiger partial charge in [0, 0.05) is 22.7 Å². The van der Waals surface area contributed by atoms with Crippen molar-refractivity contribution in [1.82, 2.24) is 0 Å². The lowest BCUT2D eigenvalue weighted by atomic mass is 9.79. The first-order valence-electron chi connectivity index (χ1n) is 5.92. The SMILES string of the molecule is CC1(C)CC(=O)C=C(Nc2c(N)cccc2Br)C1. The van der Waals surface area contributed by atoms with E-state index in [9.17, 15) is 4.79 Å². The molecule has 0 bridgehead atoms. The molecule has 3 N–H and O–H groups in total. The number of rotatable bonds is 2. The predicted octanol–water partition coefficient (Wildman–Crippen LogP) is 3.72. The van der Waals surface area contributed by atoms with Crippen molar-refractivity contribution in [2.24, 2.45) is 5.41 Å². The van der Waals surface area contributed by atoms with Crippen LogP contribution in [-0.4, -0.2) is 5.78 Å². The molecule has 0 unspecified atom stereocenters. The molecule has 1 aliphatic carbocycles. The van der Waals surface area contributed by atoms with Crippen LogP contribution in [0.1, 0.15) is 26.7 Å². The molecule has 0 atom stereocenters. The van der Waals surface area contributed by atoms with Crippen molar-refractivity contribution in [2.45, 2.75) is 26.7 Å². The van der Waals surface area contributed by atoms with Gasteiger partial charge in [0.2, 0.25) is 0 Å². The van der Waals surface area contributed by atoms with Gasteiger partial charge in [0.1, 0.15) is 0 Å². The molecule has 1 aromatic rings. The highest BCUT2D eigenvalue weighted by Crippen LogP contribution is 2.36. The maximum Gasteiger partial charge on any atom is 0.157 e. The third-order valence-corrected chi connectivity index (χ3v) is 3.65. The van der Waals surface area contributed by atoms with E-state index in [1.807, 2.05) is 18.2 Å². The van der Waals surface area contributed by atoms with Crippen molar-refractivity contribution in [3.63, 3.8) is 0 Å². The van der Waals surface area contributed by atoms with Crippen molar-refractivity contribution < 1.29 is 4.79 Å². The Kier molecular flexibility index (Phi) is 3.48. The van der Waals surface area contributed by atoms with E-state index in [0.29, 0.717) is 12.1 Å². The summed E-state index contributed by atoms with van der Waals surface area (Å²) in [6, 6.07) is 5.65. The van der Waals surface area contributed by atoms with E-state index >= 15 is 0 Å². The van der Waals surface area contributed by atoms with Gasteiger partial charge in [0.25, 0.3) is 0 Å². The van der Waals surface area contributed by atoms with Crippen LogP contribution in [0.5, 0.6) is 0 Å². The maximum absolute atomic E-state index is 11.7. The minimum Gasteiger partial charge on any atom is -0.397 e. The maximum atomic E-state index is 11.7. The van der Waals surface area contributed by atoms with Gasteiger partial charge >= 0.3 is 0 Å². The zero-order valence-corrected chi connectivity index (χ0v) is 12.2. The number of carbonyl (C=O) groups excluding carboxylic acids is 1. The second-order valence-corrected chi connectivity index (χ2v) is 6.34. The molecule has 96 valence electrons. The minimum absolute atomic E-state index is 0.00415. The van der Waals surface area contributed by atoms with E-state index in [1.165, 1.54) is 0 Å². The number of ketones is 1. The fourth-order valence-electron chi connectivity index (χ4n) is 2.26. The van der Waals surface area contributed by atoms with Gasteiger partial charge in [-0.3, -0.25) is 4.79 Å². The number of nitrogens with two attached hydrogens (primary N) is 1. The lowest BCUT2D eigenvalue weighted by Crippen LogP contribution is -2.24. The smallest absolute Gasteiger partial charge is 0.157 e. The van der Waals surface area contributed by atoms with Crippen LogP contribution in [0.3, 0.4) is 0 Å². The molecule has 3 nitrogen and oxygen atoms in total. The Morgan fingerprint density at radius 2 is 2.06 bits per heavy atom. The van der Waals surface area contributed by atoms with Crippen molar-refractivity contribution in [3.05, 3.63) is 34.4 Å². The number of nitrogen functional groups attached to an aromatic ring is 1. The number of para-hydroxylation sites is 1. The van der Waals surface area contributed by atoms with Crippen LogP contribution in [0.4, 0.5) is 11.4 Å². The Labute approximate surface area is 116 Å². The summed E-state index contributed by atoms with van der Waals surface area (Å²) in [6.07, 6.45) is 3.13. The minimum atomic E-state index is 0.00415. The summed E-state index contributed by atoms with van der Waals surface area (Å²) in [5.41, 5.74) is 8.36. The van der Waals surface area contributed by atoms with E-state index in [2.05, 4.69) is 35.1 Å². The van der Waals surface area contributed by atoms with E-state index in [1.54, 1.807) is 6.08 Å². The number of hydrogen-bond acceptors (Lipinski definition) is 3. The molecule has 0 saturated carbocycles. The third-order valence-electron chi connectivity index (χ3n) is 2.99. The van der Waals surface area contributed by atoms with Gasteiger partial charge in [-0.25, -0.2) is 0 Å². The summed E-state index contributed by atoms with van der Waals surface area (Å²) < 4.78 is 0.902.